The van der Waals surface area contributed by atoms with Gasteiger partial charge in [-0.15, -0.1) is 0 Å². The monoisotopic (exact) mass is 198 g/mol. The number of likely N-dealkylation sites (tertiary alicyclic amines) is 1. The van der Waals surface area contributed by atoms with Crippen LogP contribution in [0.15, 0.2) is 0 Å². The molecule has 0 bridgehead atoms. The Labute approximate surface area is 84.3 Å². The van der Waals surface area contributed by atoms with E-state index in [-0.39, 0.29) is 17.4 Å². The van der Waals surface area contributed by atoms with Crippen LogP contribution in [0.1, 0.15) is 19.8 Å². The maximum absolute atomic E-state index is 12.0. The highest BCUT2D eigenvalue weighted by molar-refractivity contribution is 5.84. The summed E-state index contributed by atoms with van der Waals surface area (Å²) in [6.45, 7) is 4.88. The number of amides is 1. The number of nitrogens with one attached hydrogen (secondary N) is 1. The van der Waals surface area contributed by atoms with Crippen molar-refractivity contribution in [3.63, 3.8) is 0 Å². The number of carbonyl (C=O) groups is 1. The second kappa shape index (κ2) is 3.51. The first-order valence-corrected chi connectivity index (χ1v) is 5.30. The molecule has 2 N–H and O–H groups in total. The Bertz CT molecular complexity index is 238. The zero-order chi connectivity index (χ0) is 10.2. The van der Waals surface area contributed by atoms with E-state index in [2.05, 4.69) is 5.32 Å². The van der Waals surface area contributed by atoms with Crippen molar-refractivity contribution in [3.8, 4) is 0 Å². The average molecular weight is 198 g/mol. The first-order valence-electron chi connectivity index (χ1n) is 5.30. The van der Waals surface area contributed by atoms with Gasteiger partial charge in [0.05, 0.1) is 11.5 Å². The number of piperidine rings is 1. The minimum absolute atomic E-state index is 0.204. The molecule has 1 amide bonds. The van der Waals surface area contributed by atoms with E-state index in [4.69, 9.17) is 0 Å². The molecule has 4 nitrogen and oxygen atoms in total. The Morgan fingerprint density at radius 1 is 1.57 bits per heavy atom. The number of aliphatic hydroxyl groups is 1. The quantitative estimate of drug-likeness (QED) is 0.601. The average Bonchev–Trinajstić information content (AvgIpc) is 2.13. The number of nitrogens with zero attached hydrogens (tertiary/aromatic N) is 1. The number of aliphatic hydroxyl groups excluding tert-OH is 1. The highest BCUT2D eigenvalue weighted by Gasteiger charge is 2.42. The van der Waals surface area contributed by atoms with Crippen molar-refractivity contribution < 1.29 is 9.90 Å². The van der Waals surface area contributed by atoms with Gasteiger partial charge in [-0.05, 0) is 19.8 Å². The van der Waals surface area contributed by atoms with E-state index in [0.717, 1.165) is 32.5 Å². The van der Waals surface area contributed by atoms with Crippen molar-refractivity contribution in [1.82, 2.24) is 10.2 Å². The van der Waals surface area contributed by atoms with Gasteiger partial charge in [0.25, 0.3) is 0 Å². The first kappa shape index (κ1) is 9.93. The van der Waals surface area contributed by atoms with E-state index < -0.39 is 0 Å². The molecule has 2 saturated heterocycles. The van der Waals surface area contributed by atoms with Crippen LogP contribution in [0.5, 0.6) is 0 Å². The lowest BCUT2D eigenvalue weighted by Crippen LogP contribution is -2.61. The van der Waals surface area contributed by atoms with E-state index in [1.165, 1.54) is 0 Å². The predicted octanol–water partition coefficient (Wildman–Crippen LogP) is -0.421. The van der Waals surface area contributed by atoms with Crippen molar-refractivity contribution in [3.05, 3.63) is 0 Å². The van der Waals surface area contributed by atoms with Crippen LogP contribution in [-0.4, -0.2) is 48.2 Å². The summed E-state index contributed by atoms with van der Waals surface area (Å²) in [4.78, 5) is 13.8. The van der Waals surface area contributed by atoms with E-state index >= 15 is 0 Å². The van der Waals surface area contributed by atoms with Crippen molar-refractivity contribution in [1.29, 1.82) is 0 Å². The molecule has 0 saturated carbocycles. The van der Waals surface area contributed by atoms with Gasteiger partial charge in [0.2, 0.25) is 5.91 Å². The van der Waals surface area contributed by atoms with Crippen LogP contribution < -0.4 is 5.32 Å². The maximum Gasteiger partial charge on any atom is 0.231 e. The SMILES string of the molecule is CC1(C(=O)N2CCCC(O)C2)CNC1. The third-order valence-corrected chi connectivity index (χ3v) is 3.23. The summed E-state index contributed by atoms with van der Waals surface area (Å²) < 4.78 is 0. The summed E-state index contributed by atoms with van der Waals surface area (Å²) in [5.41, 5.74) is -0.211. The lowest BCUT2D eigenvalue weighted by molar-refractivity contribution is -0.147. The van der Waals surface area contributed by atoms with Gasteiger partial charge in [0, 0.05) is 26.2 Å². The van der Waals surface area contributed by atoms with Crippen LogP contribution in [0.2, 0.25) is 0 Å². The molecule has 0 aromatic rings. The van der Waals surface area contributed by atoms with Gasteiger partial charge in [-0.3, -0.25) is 4.79 Å². The van der Waals surface area contributed by atoms with Gasteiger partial charge in [-0.25, -0.2) is 0 Å². The molecule has 1 atom stereocenters. The Morgan fingerprint density at radius 3 is 2.79 bits per heavy atom. The fourth-order valence-corrected chi connectivity index (χ4v) is 2.17. The molecule has 14 heavy (non-hydrogen) atoms. The van der Waals surface area contributed by atoms with Gasteiger partial charge in [-0.2, -0.15) is 0 Å². The third kappa shape index (κ3) is 1.64. The second-order valence-electron chi connectivity index (χ2n) is 4.71. The number of hydrogen-bond acceptors (Lipinski definition) is 3. The maximum atomic E-state index is 12.0. The van der Waals surface area contributed by atoms with E-state index in [0.29, 0.717) is 6.54 Å². The van der Waals surface area contributed by atoms with Crippen LogP contribution in [0.25, 0.3) is 0 Å². The van der Waals surface area contributed by atoms with Crippen LogP contribution in [0, 0.1) is 5.41 Å². The van der Waals surface area contributed by atoms with Gasteiger partial charge < -0.3 is 15.3 Å². The minimum atomic E-state index is -0.315. The van der Waals surface area contributed by atoms with Crippen molar-refractivity contribution in [2.75, 3.05) is 26.2 Å². The number of β-amino-alcohol motifs (C(OH)–C–C–N with tert-alkyl or cyclic N) is 1. The summed E-state index contributed by atoms with van der Waals surface area (Å²) in [5.74, 6) is 0.204. The van der Waals surface area contributed by atoms with Crippen LogP contribution in [0.3, 0.4) is 0 Å². The topological polar surface area (TPSA) is 52.6 Å². The summed E-state index contributed by atoms with van der Waals surface area (Å²) in [6.07, 6.45) is 1.44. The van der Waals surface area contributed by atoms with Crippen LogP contribution in [0.4, 0.5) is 0 Å². The Morgan fingerprint density at radius 2 is 2.29 bits per heavy atom. The van der Waals surface area contributed by atoms with Gasteiger partial charge >= 0.3 is 0 Å². The summed E-state index contributed by atoms with van der Waals surface area (Å²) in [7, 11) is 0. The molecule has 4 heteroatoms. The van der Waals surface area contributed by atoms with Gasteiger partial charge in [0.15, 0.2) is 0 Å². The predicted molar refractivity (Wildman–Crippen MR) is 52.8 cm³/mol. The fourth-order valence-electron chi connectivity index (χ4n) is 2.17. The molecule has 2 fully saturated rings. The normalized spacial score (nSPS) is 31.0. The summed E-state index contributed by atoms with van der Waals surface area (Å²) >= 11 is 0. The van der Waals surface area contributed by atoms with Gasteiger partial charge in [0.1, 0.15) is 0 Å². The number of carbonyl (C=O) groups excluding carboxylic acids is 1. The molecule has 2 rings (SSSR count). The minimum Gasteiger partial charge on any atom is -0.391 e. The first-order chi connectivity index (χ1) is 6.62. The van der Waals surface area contributed by atoms with Crippen molar-refractivity contribution >= 4 is 5.91 Å². The number of hydrogen-bond donors (Lipinski definition) is 2. The molecule has 2 aliphatic rings. The molecular weight excluding hydrogens is 180 g/mol. The third-order valence-electron chi connectivity index (χ3n) is 3.23. The fraction of sp³-hybridized carbons (Fsp3) is 0.900. The molecule has 0 aromatic heterocycles. The molecule has 0 aromatic carbocycles. The zero-order valence-electron chi connectivity index (χ0n) is 8.62. The zero-order valence-corrected chi connectivity index (χ0v) is 8.62. The van der Waals surface area contributed by atoms with Gasteiger partial charge in [-0.1, -0.05) is 0 Å². The van der Waals surface area contributed by atoms with Crippen LogP contribution >= 0.6 is 0 Å². The Kier molecular flexibility index (Phi) is 2.49. The molecule has 2 aliphatic heterocycles. The van der Waals surface area contributed by atoms with E-state index in [1.54, 1.807) is 0 Å². The molecule has 0 radical (unpaired) electrons. The lowest BCUT2D eigenvalue weighted by Gasteiger charge is -2.43. The highest BCUT2D eigenvalue weighted by atomic mass is 16.3. The molecule has 2 heterocycles. The Hall–Kier alpha value is -0.610. The van der Waals surface area contributed by atoms with Crippen LogP contribution in [-0.2, 0) is 4.79 Å². The molecular formula is C10H18N2O2. The molecule has 80 valence electrons. The smallest absolute Gasteiger partial charge is 0.231 e. The standard InChI is InChI=1S/C10H18N2O2/c1-10(6-11-7-10)9(14)12-4-2-3-8(13)5-12/h8,11,13H,2-7H2,1H3. The lowest BCUT2D eigenvalue weighted by atomic mass is 9.82. The Balaban J connectivity index is 1.96. The molecule has 0 spiro atoms. The summed E-state index contributed by atoms with van der Waals surface area (Å²) in [6, 6.07) is 0. The second-order valence-corrected chi connectivity index (χ2v) is 4.71. The summed E-state index contributed by atoms with van der Waals surface area (Å²) in [5, 5.41) is 12.6. The van der Waals surface area contributed by atoms with Crippen molar-refractivity contribution in [2.45, 2.75) is 25.9 Å². The van der Waals surface area contributed by atoms with E-state index in [9.17, 15) is 9.90 Å². The largest absolute Gasteiger partial charge is 0.391 e. The highest BCUT2D eigenvalue weighted by Crippen LogP contribution is 2.26. The number of rotatable bonds is 1. The molecule has 0 aliphatic carbocycles. The molecule has 1 unspecified atom stereocenters. The van der Waals surface area contributed by atoms with Crippen molar-refractivity contribution in [2.24, 2.45) is 5.41 Å². The van der Waals surface area contributed by atoms with E-state index in [1.807, 2.05) is 11.8 Å².